The Balaban J connectivity index is 2.01. The molecule has 4 nitrogen and oxygen atoms in total. The van der Waals surface area contributed by atoms with Crippen LogP contribution in [0.1, 0.15) is 39.8 Å². The first kappa shape index (κ1) is 16.8. The van der Waals surface area contributed by atoms with Crippen LogP contribution in [-0.2, 0) is 22.1 Å². The average molecular weight is 337 g/mol. The summed E-state index contributed by atoms with van der Waals surface area (Å²) >= 11 is 1.53. The molecule has 0 bridgehead atoms. The lowest BCUT2D eigenvalue weighted by atomic mass is 10.2. The number of carbonyl (C=O) groups excluding carboxylic acids is 1. The van der Waals surface area contributed by atoms with Crippen molar-refractivity contribution in [1.82, 2.24) is 4.98 Å². The van der Waals surface area contributed by atoms with Gasteiger partial charge in [0.25, 0.3) is 0 Å². The largest absolute Gasteiger partial charge is 0.456 e. The highest BCUT2D eigenvalue weighted by Gasteiger charge is 2.13. The van der Waals surface area contributed by atoms with Crippen LogP contribution in [0, 0.1) is 13.8 Å². The summed E-state index contributed by atoms with van der Waals surface area (Å²) in [5.74, 6) is -0.382. The third kappa shape index (κ3) is 4.01. The number of aryl methyl sites for hydroxylation is 2. The summed E-state index contributed by atoms with van der Waals surface area (Å²) in [4.78, 5) is 18.0. The number of nitrogens with zero attached hydrogens (tertiary/aromatic N) is 1. The van der Waals surface area contributed by atoms with Crippen molar-refractivity contribution in [2.24, 2.45) is 0 Å². The van der Waals surface area contributed by atoms with Gasteiger partial charge in [0.05, 0.1) is 31.9 Å². The van der Waals surface area contributed by atoms with Gasteiger partial charge in [0.2, 0.25) is 0 Å². The van der Waals surface area contributed by atoms with Gasteiger partial charge in [-0.3, -0.25) is 4.21 Å². The zero-order valence-corrected chi connectivity index (χ0v) is 14.7. The number of hydrogen-bond acceptors (Lipinski definition) is 5. The first-order valence-electron chi connectivity index (χ1n) is 6.99. The van der Waals surface area contributed by atoms with Crippen LogP contribution in [0.3, 0.4) is 0 Å². The van der Waals surface area contributed by atoms with Crippen LogP contribution < -0.4 is 0 Å². The second-order valence-corrected chi connectivity index (χ2v) is 8.48. The van der Waals surface area contributed by atoms with Crippen molar-refractivity contribution in [2.45, 2.75) is 44.4 Å². The fourth-order valence-corrected chi connectivity index (χ4v) is 3.72. The molecule has 2 rings (SSSR count). The molecule has 0 aliphatic rings. The van der Waals surface area contributed by atoms with E-state index < -0.39 is 10.8 Å². The van der Waals surface area contributed by atoms with E-state index in [1.165, 1.54) is 11.3 Å². The van der Waals surface area contributed by atoms with Crippen LogP contribution in [0.4, 0.5) is 0 Å². The molecule has 0 aliphatic heterocycles. The summed E-state index contributed by atoms with van der Waals surface area (Å²) in [6.45, 7) is 7.87. The van der Waals surface area contributed by atoms with Crippen LogP contribution in [0.2, 0.25) is 0 Å². The molecule has 0 N–H and O–H groups in total. The Kier molecular flexibility index (Phi) is 5.47. The van der Waals surface area contributed by atoms with Crippen molar-refractivity contribution in [3.63, 3.8) is 0 Å². The molecule has 1 heterocycles. The van der Waals surface area contributed by atoms with Gasteiger partial charge in [0, 0.05) is 10.1 Å². The summed E-state index contributed by atoms with van der Waals surface area (Å²) in [6, 6.07) is 6.75. The predicted octanol–water partition coefficient (Wildman–Crippen LogP) is 3.63. The fraction of sp³-hybridized carbons (Fsp3) is 0.375. The number of hydrogen-bond donors (Lipinski definition) is 0. The second-order valence-electron chi connectivity index (χ2n) is 5.19. The number of thiazole rings is 1. The Morgan fingerprint density at radius 2 is 1.91 bits per heavy atom. The zero-order chi connectivity index (χ0) is 16.3. The number of aromatic nitrogens is 1. The van der Waals surface area contributed by atoms with Crippen LogP contribution in [-0.4, -0.2) is 20.4 Å². The number of benzene rings is 1. The van der Waals surface area contributed by atoms with Gasteiger partial charge in [-0.1, -0.05) is 13.8 Å². The van der Waals surface area contributed by atoms with Gasteiger partial charge in [-0.15, -0.1) is 11.3 Å². The minimum absolute atomic E-state index is 0.0512. The molecule has 0 saturated heterocycles. The molecule has 0 radical (unpaired) electrons. The molecule has 0 amide bonds. The van der Waals surface area contributed by atoms with E-state index in [1.54, 1.807) is 24.3 Å². The molecule has 0 fully saturated rings. The minimum Gasteiger partial charge on any atom is -0.456 e. The summed E-state index contributed by atoms with van der Waals surface area (Å²) in [6.07, 6.45) is 0. The van der Waals surface area contributed by atoms with Crippen LogP contribution >= 0.6 is 11.3 Å². The SMILES string of the molecule is Cc1nc(C)c(COC(=O)c2ccc([S@](=O)C(C)C)cc2)s1. The van der Waals surface area contributed by atoms with E-state index in [4.69, 9.17) is 4.74 Å². The Morgan fingerprint density at radius 3 is 2.41 bits per heavy atom. The number of carbonyl (C=O) groups is 1. The van der Waals surface area contributed by atoms with Gasteiger partial charge in [0.1, 0.15) is 6.61 Å². The minimum atomic E-state index is -1.05. The third-order valence-electron chi connectivity index (χ3n) is 3.08. The third-order valence-corrected chi connectivity index (χ3v) is 5.72. The van der Waals surface area contributed by atoms with Gasteiger partial charge in [0.15, 0.2) is 0 Å². The van der Waals surface area contributed by atoms with Gasteiger partial charge in [-0.05, 0) is 38.1 Å². The average Bonchev–Trinajstić information content (AvgIpc) is 2.82. The maximum absolute atomic E-state index is 12.0. The van der Waals surface area contributed by atoms with E-state index in [9.17, 15) is 9.00 Å². The Bertz CT molecular complexity index is 690. The standard InChI is InChI=1S/C16H19NO3S2/c1-10(2)22(19)14-7-5-13(6-8-14)16(18)20-9-15-11(3)17-12(4)21-15/h5-8,10H,9H2,1-4H3/t22-/m1/s1. The van der Waals surface area contributed by atoms with Crippen molar-refractivity contribution in [1.29, 1.82) is 0 Å². The summed E-state index contributed by atoms with van der Waals surface area (Å²) < 4.78 is 17.3. The van der Waals surface area contributed by atoms with Crippen molar-refractivity contribution in [3.8, 4) is 0 Å². The van der Waals surface area contributed by atoms with E-state index in [2.05, 4.69) is 4.98 Å². The Hall–Kier alpha value is -1.53. The van der Waals surface area contributed by atoms with Crippen molar-refractivity contribution in [3.05, 3.63) is 45.4 Å². The van der Waals surface area contributed by atoms with Crippen molar-refractivity contribution in [2.75, 3.05) is 0 Å². The molecule has 0 aliphatic carbocycles. The van der Waals surface area contributed by atoms with E-state index >= 15 is 0 Å². The van der Waals surface area contributed by atoms with Crippen LogP contribution in [0.15, 0.2) is 29.2 Å². The van der Waals surface area contributed by atoms with E-state index in [-0.39, 0.29) is 17.8 Å². The van der Waals surface area contributed by atoms with E-state index in [0.29, 0.717) is 5.56 Å². The van der Waals surface area contributed by atoms with Crippen LogP contribution in [0.5, 0.6) is 0 Å². The lowest BCUT2D eigenvalue weighted by molar-refractivity contribution is 0.0476. The molecule has 2 aromatic rings. The normalized spacial score (nSPS) is 12.4. The topological polar surface area (TPSA) is 56.3 Å². The highest BCUT2D eigenvalue weighted by Crippen LogP contribution is 2.19. The highest BCUT2D eigenvalue weighted by molar-refractivity contribution is 7.85. The van der Waals surface area contributed by atoms with Gasteiger partial charge < -0.3 is 4.74 Å². The number of rotatable bonds is 5. The summed E-state index contributed by atoms with van der Waals surface area (Å²) in [5.41, 5.74) is 1.36. The first-order chi connectivity index (χ1) is 10.4. The molecule has 1 atom stereocenters. The molecular formula is C16H19NO3S2. The maximum atomic E-state index is 12.0. The van der Waals surface area contributed by atoms with Crippen molar-refractivity contribution < 1.29 is 13.7 Å². The monoisotopic (exact) mass is 337 g/mol. The number of esters is 1. The molecule has 6 heteroatoms. The predicted molar refractivity (Wildman–Crippen MR) is 88.7 cm³/mol. The quantitative estimate of drug-likeness (QED) is 0.782. The van der Waals surface area contributed by atoms with Gasteiger partial charge >= 0.3 is 5.97 Å². The number of ether oxygens (including phenoxy) is 1. The molecule has 0 spiro atoms. The van der Waals surface area contributed by atoms with Gasteiger partial charge in [-0.2, -0.15) is 0 Å². The molecule has 0 saturated carbocycles. The van der Waals surface area contributed by atoms with E-state index in [0.717, 1.165) is 20.5 Å². The lowest BCUT2D eigenvalue weighted by Gasteiger charge is -2.07. The second kappa shape index (κ2) is 7.15. The lowest BCUT2D eigenvalue weighted by Crippen LogP contribution is -2.08. The molecule has 1 aromatic carbocycles. The molecule has 118 valence electrons. The fourth-order valence-electron chi connectivity index (χ4n) is 1.92. The molecule has 1 aromatic heterocycles. The maximum Gasteiger partial charge on any atom is 0.338 e. The highest BCUT2D eigenvalue weighted by atomic mass is 32.2. The smallest absolute Gasteiger partial charge is 0.338 e. The Labute approximate surface area is 137 Å². The molecule has 0 unspecified atom stereocenters. The van der Waals surface area contributed by atoms with E-state index in [1.807, 2.05) is 27.7 Å². The summed E-state index contributed by atoms with van der Waals surface area (Å²) in [5, 5.41) is 1.01. The molecule has 22 heavy (non-hydrogen) atoms. The molecular weight excluding hydrogens is 318 g/mol. The Morgan fingerprint density at radius 1 is 1.27 bits per heavy atom. The van der Waals surface area contributed by atoms with Crippen LogP contribution in [0.25, 0.3) is 0 Å². The van der Waals surface area contributed by atoms with Crippen molar-refractivity contribution >= 4 is 28.1 Å². The summed E-state index contributed by atoms with van der Waals surface area (Å²) in [7, 11) is -1.05. The zero-order valence-electron chi connectivity index (χ0n) is 13.1. The first-order valence-corrected chi connectivity index (χ1v) is 9.02. The van der Waals surface area contributed by atoms with Gasteiger partial charge in [-0.25, -0.2) is 9.78 Å².